The molecule has 0 atom stereocenters. The van der Waals surface area contributed by atoms with E-state index in [1.807, 2.05) is 0 Å². The molecule has 0 saturated heterocycles. The Labute approximate surface area is 106 Å². The van der Waals surface area contributed by atoms with Crippen LogP contribution in [-0.2, 0) is 6.18 Å². The molecule has 1 aromatic carbocycles. The van der Waals surface area contributed by atoms with Gasteiger partial charge in [0.15, 0.2) is 0 Å². The summed E-state index contributed by atoms with van der Waals surface area (Å²) in [4.78, 5) is 7.51. The van der Waals surface area contributed by atoms with E-state index in [4.69, 9.17) is 10.00 Å². The van der Waals surface area contributed by atoms with Crippen LogP contribution in [0.2, 0.25) is 0 Å². The third kappa shape index (κ3) is 2.98. The van der Waals surface area contributed by atoms with Crippen molar-refractivity contribution in [2.45, 2.75) is 6.18 Å². The molecular weight excluding hydrogens is 259 g/mol. The number of rotatable bonds is 2. The van der Waals surface area contributed by atoms with E-state index in [-0.39, 0.29) is 17.3 Å². The van der Waals surface area contributed by atoms with Gasteiger partial charge in [0.2, 0.25) is 5.69 Å². The minimum Gasteiger partial charge on any atom is -0.437 e. The molecule has 0 aliphatic heterocycles. The van der Waals surface area contributed by atoms with Crippen LogP contribution in [0.5, 0.6) is 11.6 Å². The first kappa shape index (κ1) is 12.8. The predicted octanol–water partition coefficient (Wildman–Crippen LogP) is 3.16. The van der Waals surface area contributed by atoms with Gasteiger partial charge in [0.25, 0.3) is 5.88 Å². The van der Waals surface area contributed by atoms with E-state index in [1.54, 1.807) is 6.07 Å². The number of aromatic nitrogens is 2. The van der Waals surface area contributed by atoms with Crippen molar-refractivity contribution in [1.29, 1.82) is 5.26 Å². The van der Waals surface area contributed by atoms with E-state index in [0.29, 0.717) is 0 Å². The summed E-state index contributed by atoms with van der Waals surface area (Å²) in [7, 11) is 0. The second-order valence-electron chi connectivity index (χ2n) is 3.45. The van der Waals surface area contributed by atoms with E-state index >= 15 is 0 Å². The molecule has 2 rings (SSSR count). The SMILES string of the molecule is N#Cc1nccnc1Oc1ccc(C(F)(F)F)cc1. The van der Waals surface area contributed by atoms with Gasteiger partial charge in [-0.1, -0.05) is 0 Å². The Morgan fingerprint density at radius 2 is 1.68 bits per heavy atom. The summed E-state index contributed by atoms with van der Waals surface area (Å²) < 4.78 is 42.3. The highest BCUT2D eigenvalue weighted by Gasteiger charge is 2.30. The lowest BCUT2D eigenvalue weighted by Crippen LogP contribution is -2.04. The average molecular weight is 265 g/mol. The molecule has 0 radical (unpaired) electrons. The summed E-state index contributed by atoms with van der Waals surface area (Å²) in [6.07, 6.45) is -1.76. The molecule has 4 nitrogen and oxygen atoms in total. The van der Waals surface area contributed by atoms with Gasteiger partial charge >= 0.3 is 6.18 Å². The van der Waals surface area contributed by atoms with Crippen LogP contribution < -0.4 is 4.74 Å². The van der Waals surface area contributed by atoms with Crippen LogP contribution in [0.3, 0.4) is 0 Å². The molecule has 19 heavy (non-hydrogen) atoms. The lowest BCUT2D eigenvalue weighted by atomic mass is 10.2. The molecule has 1 heterocycles. The van der Waals surface area contributed by atoms with Gasteiger partial charge in [-0.15, -0.1) is 0 Å². The van der Waals surface area contributed by atoms with Gasteiger partial charge in [-0.3, -0.25) is 0 Å². The highest BCUT2D eigenvalue weighted by Crippen LogP contribution is 2.31. The molecule has 0 fully saturated rings. The molecule has 0 unspecified atom stereocenters. The van der Waals surface area contributed by atoms with Crippen molar-refractivity contribution in [2.75, 3.05) is 0 Å². The van der Waals surface area contributed by atoms with Crippen molar-refractivity contribution in [1.82, 2.24) is 9.97 Å². The van der Waals surface area contributed by atoms with Crippen molar-refractivity contribution in [3.05, 3.63) is 47.9 Å². The quantitative estimate of drug-likeness (QED) is 0.836. The van der Waals surface area contributed by atoms with Crippen molar-refractivity contribution in [3.8, 4) is 17.7 Å². The Morgan fingerprint density at radius 3 is 2.26 bits per heavy atom. The maximum atomic E-state index is 12.4. The average Bonchev–Trinajstić information content (AvgIpc) is 2.39. The first-order valence-electron chi connectivity index (χ1n) is 5.07. The number of nitrogens with zero attached hydrogens (tertiary/aromatic N) is 3. The van der Waals surface area contributed by atoms with Crippen molar-refractivity contribution < 1.29 is 17.9 Å². The zero-order valence-corrected chi connectivity index (χ0v) is 9.35. The highest BCUT2D eigenvalue weighted by molar-refractivity contribution is 5.36. The van der Waals surface area contributed by atoms with Crippen molar-refractivity contribution in [2.24, 2.45) is 0 Å². The summed E-state index contributed by atoms with van der Waals surface area (Å²) in [6, 6.07) is 5.85. The van der Waals surface area contributed by atoms with Gasteiger partial charge in [-0.05, 0) is 24.3 Å². The Kier molecular flexibility index (Phi) is 3.33. The second-order valence-corrected chi connectivity index (χ2v) is 3.45. The predicted molar refractivity (Wildman–Crippen MR) is 58.3 cm³/mol. The number of nitriles is 1. The summed E-state index contributed by atoms with van der Waals surface area (Å²) in [5.41, 5.74) is -0.818. The molecule has 1 aromatic heterocycles. The minimum atomic E-state index is -4.40. The summed E-state index contributed by atoms with van der Waals surface area (Å²) in [5, 5.41) is 8.77. The number of hydrogen-bond acceptors (Lipinski definition) is 4. The van der Waals surface area contributed by atoms with E-state index in [9.17, 15) is 13.2 Å². The molecule has 0 N–H and O–H groups in total. The van der Waals surface area contributed by atoms with Crippen molar-refractivity contribution in [3.63, 3.8) is 0 Å². The van der Waals surface area contributed by atoms with Crippen LogP contribution in [0.25, 0.3) is 0 Å². The third-order valence-corrected chi connectivity index (χ3v) is 2.17. The third-order valence-electron chi connectivity index (χ3n) is 2.17. The maximum absolute atomic E-state index is 12.4. The van der Waals surface area contributed by atoms with Crippen LogP contribution in [0.1, 0.15) is 11.3 Å². The van der Waals surface area contributed by atoms with Crippen LogP contribution >= 0.6 is 0 Å². The highest BCUT2D eigenvalue weighted by atomic mass is 19.4. The van der Waals surface area contributed by atoms with Crippen molar-refractivity contribution >= 4 is 0 Å². The second kappa shape index (κ2) is 4.94. The van der Waals surface area contributed by atoms with E-state index in [0.717, 1.165) is 24.3 Å². The van der Waals surface area contributed by atoms with Gasteiger partial charge in [-0.25, -0.2) is 9.97 Å². The minimum absolute atomic E-state index is 0.0394. The topological polar surface area (TPSA) is 58.8 Å². The molecule has 0 saturated carbocycles. The van der Waals surface area contributed by atoms with Crippen LogP contribution in [-0.4, -0.2) is 9.97 Å². The summed E-state index contributed by atoms with van der Waals surface area (Å²) >= 11 is 0. The zero-order valence-electron chi connectivity index (χ0n) is 9.35. The first-order valence-corrected chi connectivity index (χ1v) is 5.07. The van der Waals surface area contributed by atoms with Crippen LogP contribution in [0.4, 0.5) is 13.2 Å². The van der Waals surface area contributed by atoms with Gasteiger partial charge in [-0.2, -0.15) is 18.4 Å². The molecule has 0 aliphatic carbocycles. The Hall–Kier alpha value is -2.62. The lowest BCUT2D eigenvalue weighted by molar-refractivity contribution is -0.137. The normalized spacial score (nSPS) is 10.8. The standard InChI is InChI=1S/C12H6F3N3O/c13-12(14,15)8-1-3-9(4-2-8)19-11-10(7-16)17-5-6-18-11/h1-6H. The fraction of sp³-hybridized carbons (Fsp3) is 0.0833. The van der Waals surface area contributed by atoms with Gasteiger partial charge in [0.05, 0.1) is 5.56 Å². The number of halogens is 3. The Bertz CT molecular complexity index is 617. The van der Waals surface area contributed by atoms with Gasteiger partial charge in [0.1, 0.15) is 11.8 Å². The van der Waals surface area contributed by atoms with E-state index in [1.165, 1.54) is 12.4 Å². The summed E-state index contributed by atoms with van der Waals surface area (Å²) in [6.45, 7) is 0. The molecule has 0 bridgehead atoms. The number of benzene rings is 1. The zero-order chi connectivity index (χ0) is 13.9. The smallest absolute Gasteiger partial charge is 0.416 e. The molecule has 96 valence electrons. The lowest BCUT2D eigenvalue weighted by Gasteiger charge is -2.08. The van der Waals surface area contributed by atoms with Crippen LogP contribution in [0.15, 0.2) is 36.7 Å². The van der Waals surface area contributed by atoms with Gasteiger partial charge < -0.3 is 4.74 Å². The molecule has 0 amide bonds. The fourth-order valence-electron chi connectivity index (χ4n) is 1.30. The number of ether oxygens (including phenoxy) is 1. The monoisotopic (exact) mass is 265 g/mol. The molecule has 0 aliphatic rings. The van der Waals surface area contributed by atoms with E-state index < -0.39 is 11.7 Å². The Morgan fingerprint density at radius 1 is 1.05 bits per heavy atom. The summed E-state index contributed by atoms with van der Waals surface area (Å²) in [5.74, 6) is 0.0924. The maximum Gasteiger partial charge on any atom is 0.416 e. The molecular formula is C12H6F3N3O. The van der Waals surface area contributed by atoms with Crippen LogP contribution in [0, 0.1) is 11.3 Å². The first-order chi connectivity index (χ1) is 9.00. The molecule has 7 heteroatoms. The fourth-order valence-corrected chi connectivity index (χ4v) is 1.30. The van der Waals surface area contributed by atoms with Gasteiger partial charge in [0, 0.05) is 12.4 Å². The number of alkyl halides is 3. The largest absolute Gasteiger partial charge is 0.437 e. The number of hydrogen-bond donors (Lipinski definition) is 0. The molecule has 2 aromatic rings. The molecule has 0 spiro atoms. The Balaban J connectivity index is 2.23. The van der Waals surface area contributed by atoms with E-state index in [2.05, 4.69) is 9.97 Å².